The van der Waals surface area contributed by atoms with Crippen LogP contribution in [0.3, 0.4) is 0 Å². The Kier molecular flexibility index (Phi) is 8.80. The van der Waals surface area contributed by atoms with Crippen molar-refractivity contribution in [2.75, 3.05) is 59.5 Å². The Labute approximate surface area is 170 Å². The van der Waals surface area contributed by atoms with Gasteiger partial charge in [-0.05, 0) is 69.9 Å². The van der Waals surface area contributed by atoms with Gasteiger partial charge in [-0.2, -0.15) is 0 Å². The van der Waals surface area contributed by atoms with Crippen LogP contribution in [-0.2, 0) is 17.9 Å². The van der Waals surface area contributed by atoms with E-state index in [0.717, 1.165) is 51.0 Å². The zero-order valence-electron chi connectivity index (χ0n) is 17.8. The highest BCUT2D eigenvalue weighted by Crippen LogP contribution is 2.23. The van der Waals surface area contributed by atoms with E-state index >= 15 is 0 Å². The van der Waals surface area contributed by atoms with Crippen LogP contribution in [0.5, 0.6) is 0 Å². The minimum Gasteiger partial charge on any atom is -0.462 e. The summed E-state index contributed by atoms with van der Waals surface area (Å²) in [6.07, 6.45) is 5.16. The lowest BCUT2D eigenvalue weighted by atomic mass is 9.96. The van der Waals surface area contributed by atoms with E-state index in [9.17, 15) is 5.11 Å². The Hall–Kier alpha value is -0.920. The predicted molar refractivity (Wildman–Crippen MR) is 111 cm³/mol. The maximum Gasteiger partial charge on any atom is 0.129 e. The quantitative estimate of drug-likeness (QED) is 0.623. The van der Waals surface area contributed by atoms with Crippen molar-refractivity contribution in [1.82, 2.24) is 14.7 Å². The number of piperidine rings is 1. The second-order valence-corrected chi connectivity index (χ2v) is 8.42. The smallest absolute Gasteiger partial charge is 0.129 e. The van der Waals surface area contributed by atoms with E-state index in [1.807, 2.05) is 12.1 Å². The molecule has 0 radical (unpaired) electrons. The first-order valence-electron chi connectivity index (χ1n) is 11.1. The molecule has 1 aromatic rings. The van der Waals surface area contributed by atoms with Crippen molar-refractivity contribution in [3.8, 4) is 0 Å². The van der Waals surface area contributed by atoms with Gasteiger partial charge in [-0.3, -0.25) is 9.80 Å². The summed E-state index contributed by atoms with van der Waals surface area (Å²) in [6, 6.07) is 4.59. The van der Waals surface area contributed by atoms with Crippen LogP contribution in [0.4, 0.5) is 0 Å². The molecule has 28 heavy (non-hydrogen) atoms. The molecule has 2 fully saturated rings. The molecule has 0 aromatic carbocycles. The van der Waals surface area contributed by atoms with Gasteiger partial charge in [0.2, 0.25) is 0 Å². The summed E-state index contributed by atoms with van der Waals surface area (Å²) in [5.41, 5.74) is 0. The van der Waals surface area contributed by atoms with Gasteiger partial charge in [-0.15, -0.1) is 0 Å². The first-order valence-corrected chi connectivity index (χ1v) is 11.1. The summed E-state index contributed by atoms with van der Waals surface area (Å²) in [7, 11) is 1.78. The molecule has 6 nitrogen and oxygen atoms in total. The van der Waals surface area contributed by atoms with Crippen molar-refractivity contribution in [2.24, 2.45) is 5.92 Å². The van der Waals surface area contributed by atoms with Crippen molar-refractivity contribution in [3.63, 3.8) is 0 Å². The number of hydrogen-bond donors (Lipinski definition) is 1. The van der Waals surface area contributed by atoms with Crippen molar-refractivity contribution >= 4 is 0 Å². The SMILES string of the molecule is CCN1CCCC1CN(Cc1ccc(CO)o1)CC1CCN(CCOC)CC1. The van der Waals surface area contributed by atoms with Gasteiger partial charge in [-0.1, -0.05) is 6.92 Å². The second-order valence-electron chi connectivity index (χ2n) is 8.42. The topological polar surface area (TPSA) is 52.3 Å². The third kappa shape index (κ3) is 6.29. The molecule has 2 aliphatic heterocycles. The fourth-order valence-electron chi connectivity index (χ4n) is 4.81. The van der Waals surface area contributed by atoms with Gasteiger partial charge < -0.3 is 19.2 Å². The lowest BCUT2D eigenvalue weighted by molar-refractivity contribution is 0.0935. The molecule has 1 aromatic heterocycles. The number of furan rings is 1. The maximum atomic E-state index is 9.30. The lowest BCUT2D eigenvalue weighted by Gasteiger charge is -2.36. The highest BCUT2D eigenvalue weighted by Gasteiger charge is 2.28. The Bertz CT molecular complexity index is 557. The first kappa shape index (κ1) is 21.8. The van der Waals surface area contributed by atoms with Crippen molar-refractivity contribution in [1.29, 1.82) is 0 Å². The molecule has 0 spiro atoms. The van der Waals surface area contributed by atoms with Crippen molar-refractivity contribution < 1.29 is 14.3 Å². The molecule has 1 N–H and O–H groups in total. The van der Waals surface area contributed by atoms with E-state index in [1.54, 1.807) is 7.11 Å². The van der Waals surface area contributed by atoms with Crippen LogP contribution in [0.1, 0.15) is 44.1 Å². The van der Waals surface area contributed by atoms with E-state index in [4.69, 9.17) is 9.15 Å². The number of aliphatic hydroxyl groups is 1. The van der Waals surface area contributed by atoms with E-state index in [0.29, 0.717) is 11.8 Å². The Balaban J connectivity index is 1.56. The molecular weight excluding hydrogens is 354 g/mol. The molecule has 0 aliphatic carbocycles. The summed E-state index contributed by atoms with van der Waals surface area (Å²) >= 11 is 0. The van der Waals surface area contributed by atoms with Crippen LogP contribution >= 0.6 is 0 Å². The van der Waals surface area contributed by atoms with E-state index in [1.165, 1.54) is 45.3 Å². The minimum absolute atomic E-state index is 0.0217. The zero-order valence-corrected chi connectivity index (χ0v) is 17.8. The third-order valence-corrected chi connectivity index (χ3v) is 6.46. The molecule has 3 rings (SSSR count). The average molecular weight is 394 g/mol. The second kappa shape index (κ2) is 11.3. The average Bonchev–Trinajstić information content (AvgIpc) is 3.36. The molecule has 0 saturated carbocycles. The summed E-state index contributed by atoms with van der Waals surface area (Å²) in [5.74, 6) is 2.39. The lowest BCUT2D eigenvalue weighted by Crippen LogP contribution is -2.44. The maximum absolute atomic E-state index is 9.30. The summed E-state index contributed by atoms with van der Waals surface area (Å²) < 4.78 is 11.0. The van der Waals surface area contributed by atoms with Crippen LogP contribution < -0.4 is 0 Å². The van der Waals surface area contributed by atoms with Crippen LogP contribution in [0.25, 0.3) is 0 Å². The van der Waals surface area contributed by atoms with Gasteiger partial charge in [0, 0.05) is 32.8 Å². The first-order chi connectivity index (χ1) is 13.7. The van der Waals surface area contributed by atoms with Gasteiger partial charge in [0.25, 0.3) is 0 Å². The Morgan fingerprint density at radius 1 is 1.14 bits per heavy atom. The van der Waals surface area contributed by atoms with Crippen molar-refractivity contribution in [2.45, 2.75) is 51.8 Å². The van der Waals surface area contributed by atoms with Crippen LogP contribution in [0, 0.1) is 5.92 Å². The van der Waals surface area contributed by atoms with Gasteiger partial charge in [0.05, 0.1) is 13.2 Å². The Morgan fingerprint density at radius 3 is 2.61 bits per heavy atom. The van der Waals surface area contributed by atoms with Gasteiger partial charge in [0.15, 0.2) is 0 Å². The van der Waals surface area contributed by atoms with E-state index < -0.39 is 0 Å². The normalized spacial score (nSPS) is 22.5. The number of rotatable bonds is 11. The summed E-state index contributed by atoms with van der Waals surface area (Å²) in [4.78, 5) is 7.76. The van der Waals surface area contributed by atoms with Crippen LogP contribution in [0.15, 0.2) is 16.5 Å². The largest absolute Gasteiger partial charge is 0.462 e. The number of methoxy groups -OCH3 is 1. The number of likely N-dealkylation sites (N-methyl/N-ethyl adjacent to an activating group) is 1. The fraction of sp³-hybridized carbons (Fsp3) is 0.818. The zero-order chi connectivity index (χ0) is 19.8. The van der Waals surface area contributed by atoms with Gasteiger partial charge in [-0.25, -0.2) is 0 Å². The van der Waals surface area contributed by atoms with Crippen LogP contribution in [-0.4, -0.2) is 85.4 Å². The minimum atomic E-state index is -0.0217. The fourth-order valence-corrected chi connectivity index (χ4v) is 4.81. The molecule has 0 amide bonds. The highest BCUT2D eigenvalue weighted by molar-refractivity contribution is 5.06. The molecule has 160 valence electrons. The van der Waals surface area contributed by atoms with Gasteiger partial charge >= 0.3 is 0 Å². The van der Waals surface area contributed by atoms with Crippen LogP contribution in [0.2, 0.25) is 0 Å². The molecule has 1 atom stereocenters. The standard InChI is InChI=1S/C22H39N3O3/c1-3-25-10-4-5-20(25)16-24(17-21-6-7-22(18-26)28-21)15-19-8-11-23(12-9-19)13-14-27-2/h6-7,19-20,26H,3-5,8-18H2,1-2H3. The van der Waals surface area contributed by atoms with Gasteiger partial charge in [0.1, 0.15) is 18.1 Å². The number of hydrogen-bond acceptors (Lipinski definition) is 6. The van der Waals surface area contributed by atoms with E-state index in [-0.39, 0.29) is 6.61 Å². The molecule has 2 aliphatic rings. The number of ether oxygens (including phenoxy) is 1. The Morgan fingerprint density at radius 2 is 1.93 bits per heavy atom. The molecule has 2 saturated heterocycles. The third-order valence-electron chi connectivity index (χ3n) is 6.46. The molecule has 6 heteroatoms. The molecule has 1 unspecified atom stereocenters. The molecule has 0 bridgehead atoms. The van der Waals surface area contributed by atoms with Crippen molar-refractivity contribution in [3.05, 3.63) is 23.7 Å². The predicted octanol–water partition coefficient (Wildman–Crippen LogP) is 2.42. The van der Waals surface area contributed by atoms with E-state index in [2.05, 4.69) is 21.6 Å². The molecular formula is C22H39N3O3. The number of aliphatic hydroxyl groups excluding tert-OH is 1. The monoisotopic (exact) mass is 393 g/mol. The molecule has 3 heterocycles. The summed E-state index contributed by atoms with van der Waals surface area (Å²) in [5, 5.41) is 9.30. The summed E-state index contributed by atoms with van der Waals surface area (Å²) in [6.45, 7) is 12.0. The number of likely N-dealkylation sites (tertiary alicyclic amines) is 2. The number of nitrogens with zero attached hydrogens (tertiary/aromatic N) is 3. The highest BCUT2D eigenvalue weighted by atomic mass is 16.5.